The summed E-state index contributed by atoms with van der Waals surface area (Å²) >= 11 is 9.39. The fourth-order valence-corrected chi connectivity index (χ4v) is 0.479. The molecule has 0 saturated carbocycles. The van der Waals surface area contributed by atoms with Gasteiger partial charge < -0.3 is 6.73 Å². The van der Waals surface area contributed by atoms with E-state index in [-0.39, 0.29) is 0 Å². The molecule has 0 rings (SSSR count). The Kier molecular flexibility index (Phi) is 5.79. The lowest BCUT2D eigenvalue weighted by atomic mass is 10.4. The summed E-state index contributed by atoms with van der Waals surface area (Å²) in [7, 11) is 0. The molecule has 0 aromatic heterocycles. The van der Waals surface area contributed by atoms with E-state index in [0.29, 0.717) is 0 Å². The molecule has 0 saturated heterocycles. The van der Waals surface area contributed by atoms with E-state index in [1.807, 2.05) is 0 Å². The van der Waals surface area contributed by atoms with Gasteiger partial charge >= 0.3 is 6.53 Å². The number of rotatable bonds is 2. The second kappa shape index (κ2) is 4.64. The molecule has 0 aromatic rings. The molecule has 0 atom stereocenters. The largest absolute Gasteiger partial charge is 0.592 e. The van der Waals surface area contributed by atoms with E-state index in [2.05, 4.69) is 23.0 Å². The molecule has 0 aromatic carbocycles. The van der Waals surface area contributed by atoms with Crippen molar-refractivity contribution < 1.29 is 6.73 Å². The number of hydrogen-bond acceptors (Lipinski definition) is 2. The molecule has 0 aliphatic heterocycles. The summed E-state index contributed by atoms with van der Waals surface area (Å²) in [4.78, 5) is 0. The van der Waals surface area contributed by atoms with Crippen molar-refractivity contribution in [1.82, 2.24) is 0 Å². The lowest BCUT2D eigenvalue weighted by Crippen LogP contribution is -2.01. The zero-order valence-corrected chi connectivity index (χ0v) is 7.03. The summed E-state index contributed by atoms with van der Waals surface area (Å²) in [5.74, 6) is 0. The van der Waals surface area contributed by atoms with Gasteiger partial charge in [0, 0.05) is 0 Å². The van der Waals surface area contributed by atoms with Crippen LogP contribution in [0.1, 0.15) is 0 Å². The van der Waals surface area contributed by atoms with Crippen LogP contribution in [0, 0.1) is 0 Å². The van der Waals surface area contributed by atoms with Crippen molar-refractivity contribution in [2.24, 2.45) is 0 Å². The fourth-order valence-electron chi connectivity index (χ4n) is 0.0137. The molecule has 0 fully saturated rings. The van der Waals surface area contributed by atoms with E-state index in [1.165, 1.54) is 0 Å². The molecule has 0 radical (unpaired) electrons. The van der Waals surface area contributed by atoms with Gasteiger partial charge in [-0.1, -0.05) is 0 Å². The minimum atomic E-state index is -0.689. The van der Waals surface area contributed by atoms with Gasteiger partial charge in [-0.2, -0.15) is 0 Å². The minimum absolute atomic E-state index is 0.689. The second-order valence-electron chi connectivity index (χ2n) is 0.453. The normalized spacial score (nSPS) is 8.50. The molecule has 0 N–H and O–H groups in total. The molecule has 0 aliphatic rings. The van der Waals surface area contributed by atoms with Gasteiger partial charge in [0.1, 0.15) is 0 Å². The summed E-state index contributed by atoms with van der Waals surface area (Å²) in [6.45, 7) is -0.689. The summed E-state index contributed by atoms with van der Waals surface area (Å²) in [5.41, 5.74) is 0. The second-order valence-corrected chi connectivity index (χ2v) is 1.69. The van der Waals surface area contributed by atoms with Gasteiger partial charge in [0.25, 0.3) is 0 Å². The Morgan fingerprint density at radius 2 is 2.33 bits per heavy atom. The standard InChI is InChI=1S/BBrClIO2/c2-5-1(3)6-4. The van der Waals surface area contributed by atoms with Gasteiger partial charge in [-0.25, -0.2) is 0 Å². The number of halogens is 3. The molecular formula is BBrClIO2. The smallest absolute Gasteiger partial charge is 0.331 e. The van der Waals surface area contributed by atoms with Crippen molar-refractivity contribution in [3.63, 3.8) is 0 Å². The first kappa shape index (κ1) is 7.48. The summed E-state index contributed by atoms with van der Waals surface area (Å²) in [5, 5.41) is 0. The van der Waals surface area contributed by atoms with Gasteiger partial charge in [-0.3, -0.25) is 0 Å². The first-order chi connectivity index (χ1) is 2.81. The molecule has 0 aliphatic carbocycles. The molecule has 6 heavy (non-hydrogen) atoms. The molecule has 0 heterocycles. The maximum absolute atomic E-state index is 5.15. The van der Waals surface area contributed by atoms with Crippen LogP contribution < -0.4 is 0 Å². The highest BCUT2D eigenvalue weighted by Gasteiger charge is 2.09. The fraction of sp³-hybridized carbons (Fsp3) is 0. The van der Waals surface area contributed by atoms with E-state index < -0.39 is 6.53 Å². The van der Waals surface area contributed by atoms with Crippen LogP contribution in [0.15, 0.2) is 0 Å². The van der Waals surface area contributed by atoms with Crippen LogP contribution in [-0.2, 0) is 6.73 Å². The molecular weight excluding hydrogens is 285 g/mol. The van der Waals surface area contributed by atoms with Crippen LogP contribution in [0.4, 0.5) is 0 Å². The first-order valence-electron chi connectivity index (χ1n) is 0.998. The average Bonchev–Trinajstić information content (AvgIpc) is 1.65. The molecule has 0 spiro atoms. The average molecular weight is 285 g/mol. The highest BCUT2D eigenvalue weighted by Crippen LogP contribution is 2.02. The highest BCUT2D eigenvalue weighted by atomic mass is 127. The zero-order valence-electron chi connectivity index (χ0n) is 2.53. The van der Waals surface area contributed by atoms with Crippen LogP contribution in [-0.4, -0.2) is 6.53 Å². The van der Waals surface area contributed by atoms with Crippen LogP contribution in [0.5, 0.6) is 0 Å². The van der Waals surface area contributed by atoms with Crippen molar-refractivity contribution in [1.29, 1.82) is 0 Å². The quantitative estimate of drug-likeness (QED) is 0.570. The van der Waals surface area contributed by atoms with Crippen molar-refractivity contribution in [3.8, 4) is 0 Å². The van der Waals surface area contributed by atoms with Crippen molar-refractivity contribution >= 4 is 57.3 Å². The Morgan fingerprint density at radius 1 is 1.83 bits per heavy atom. The van der Waals surface area contributed by atoms with Gasteiger partial charge in [-0.15, -0.1) is 11.5 Å². The van der Waals surface area contributed by atoms with E-state index >= 15 is 0 Å². The lowest BCUT2D eigenvalue weighted by Gasteiger charge is -1.88. The van der Waals surface area contributed by atoms with Crippen LogP contribution >= 0.6 is 50.7 Å². The topological polar surface area (TPSA) is 18.5 Å². The lowest BCUT2D eigenvalue weighted by molar-refractivity contribution is 0.586. The Bertz CT molecular complexity index is 32.7. The molecule has 36 valence electrons. The van der Waals surface area contributed by atoms with Crippen LogP contribution in [0.3, 0.4) is 0 Å². The van der Waals surface area contributed by atoms with E-state index in [9.17, 15) is 0 Å². The zero-order chi connectivity index (χ0) is 4.99. The Balaban J connectivity index is 2.75. The predicted octanol–water partition coefficient (Wildman–Crippen LogP) is 1.90. The first-order valence-corrected chi connectivity index (χ1v) is 2.96. The molecule has 0 bridgehead atoms. The van der Waals surface area contributed by atoms with Gasteiger partial charge in [0.2, 0.25) is 0 Å². The third-order valence-electron chi connectivity index (χ3n) is 0.140. The Hall–Kier alpha value is 1.48. The van der Waals surface area contributed by atoms with Crippen molar-refractivity contribution in [3.05, 3.63) is 0 Å². The van der Waals surface area contributed by atoms with Crippen molar-refractivity contribution in [2.75, 3.05) is 0 Å². The maximum Gasteiger partial charge on any atom is 0.592 e. The summed E-state index contributed by atoms with van der Waals surface area (Å²) in [6, 6.07) is 0. The number of hydrogen-bond donors (Lipinski definition) is 0. The molecule has 6 heteroatoms. The summed E-state index contributed by atoms with van der Waals surface area (Å²) in [6.07, 6.45) is 0. The van der Waals surface area contributed by atoms with Crippen LogP contribution in [0.25, 0.3) is 0 Å². The Morgan fingerprint density at radius 3 is 2.33 bits per heavy atom. The minimum Gasteiger partial charge on any atom is -0.331 e. The monoisotopic (exact) mass is 284 g/mol. The highest BCUT2D eigenvalue weighted by molar-refractivity contribution is 14.1. The van der Waals surface area contributed by atoms with Crippen LogP contribution in [0.2, 0.25) is 0 Å². The molecule has 2 nitrogen and oxygen atoms in total. The maximum atomic E-state index is 5.15. The SMILES string of the molecule is ClB(OBr)OI. The third-order valence-corrected chi connectivity index (χ3v) is 1.64. The third kappa shape index (κ3) is 3.67. The van der Waals surface area contributed by atoms with Crippen molar-refractivity contribution in [2.45, 2.75) is 0 Å². The Labute approximate surface area is 63.7 Å². The molecule has 0 unspecified atom stereocenters. The van der Waals surface area contributed by atoms with Gasteiger partial charge in [-0.05, 0) is 0 Å². The predicted molar refractivity (Wildman–Crippen MR) is 36.7 cm³/mol. The summed E-state index contributed by atoms with van der Waals surface area (Å²) < 4.78 is 8.61. The van der Waals surface area contributed by atoms with E-state index in [0.717, 1.165) is 0 Å². The van der Waals surface area contributed by atoms with E-state index in [1.54, 1.807) is 23.0 Å². The van der Waals surface area contributed by atoms with Gasteiger partial charge in [0.05, 0.1) is 39.3 Å². The van der Waals surface area contributed by atoms with Gasteiger partial charge in [0.15, 0.2) is 0 Å². The molecule has 0 amide bonds. The van der Waals surface area contributed by atoms with E-state index in [4.69, 9.17) is 11.5 Å².